The second-order valence-electron chi connectivity index (χ2n) is 6.09. The van der Waals surface area contributed by atoms with E-state index in [0.717, 1.165) is 0 Å². The van der Waals surface area contributed by atoms with Crippen LogP contribution in [0, 0.1) is 0 Å². The molecule has 192 valence electrons. The Morgan fingerprint density at radius 3 is 1.25 bits per heavy atom. The van der Waals surface area contributed by atoms with Crippen LogP contribution >= 0.6 is 0 Å². The standard InChI is InChI=1S/C8H16N2.C4HF9O6S3/c1-4-5-10-7-6-9(3)8(10)2;5-2(6,7)20(14,15)1(21(16,17)3(8,9)10)22(18,19)4(11,12)13/h6-8H,4-5H2,1-3H3;1H. The molecule has 0 radical (unpaired) electrons. The van der Waals surface area contributed by atoms with Gasteiger partial charge in [0.2, 0.25) is 0 Å². The van der Waals surface area contributed by atoms with Crippen LogP contribution in [0.4, 0.5) is 39.5 Å². The zero-order chi connectivity index (χ0) is 26.1. The fourth-order valence-electron chi connectivity index (χ4n) is 2.02. The van der Waals surface area contributed by atoms with E-state index < -0.39 is 50.0 Å². The largest absolute Gasteiger partial charge is 0.499 e. The first-order valence-electron chi connectivity index (χ1n) is 7.93. The second kappa shape index (κ2) is 9.43. The number of halogens is 9. The first-order valence-corrected chi connectivity index (χ1v) is 12.6. The van der Waals surface area contributed by atoms with Crippen molar-refractivity contribution in [2.45, 2.75) is 46.9 Å². The van der Waals surface area contributed by atoms with Gasteiger partial charge in [0.1, 0.15) is 0 Å². The van der Waals surface area contributed by atoms with Crippen molar-refractivity contribution < 1.29 is 64.8 Å². The summed E-state index contributed by atoms with van der Waals surface area (Å²) in [6, 6.07) is 0. The highest BCUT2D eigenvalue weighted by molar-refractivity contribution is 8.24. The number of nitrogens with zero attached hydrogens (tertiary/aromatic N) is 2. The molecule has 0 saturated carbocycles. The van der Waals surface area contributed by atoms with Gasteiger partial charge < -0.3 is 9.80 Å². The van der Waals surface area contributed by atoms with Crippen molar-refractivity contribution in [3.8, 4) is 0 Å². The predicted octanol–water partition coefficient (Wildman–Crippen LogP) is 2.53. The molecule has 1 aliphatic rings. The van der Waals surface area contributed by atoms with Crippen LogP contribution in [0.3, 0.4) is 0 Å². The second-order valence-corrected chi connectivity index (χ2v) is 13.1. The summed E-state index contributed by atoms with van der Waals surface area (Å²) >= 11 is 0. The Balaban J connectivity index is 0.000000792. The number of rotatable bonds is 5. The highest BCUT2D eigenvalue weighted by Crippen LogP contribution is 2.43. The van der Waals surface area contributed by atoms with E-state index in [1.165, 1.54) is 13.0 Å². The van der Waals surface area contributed by atoms with E-state index in [2.05, 4.69) is 43.1 Å². The molecule has 0 saturated heterocycles. The van der Waals surface area contributed by atoms with E-state index in [-0.39, 0.29) is 0 Å². The van der Waals surface area contributed by atoms with Gasteiger partial charge in [-0.3, -0.25) is 0 Å². The van der Waals surface area contributed by atoms with Gasteiger partial charge in [-0.15, -0.1) is 0 Å². The summed E-state index contributed by atoms with van der Waals surface area (Å²) in [5.41, 5.74) is -21.1. The predicted molar refractivity (Wildman–Crippen MR) is 92.1 cm³/mol. The minimum Gasteiger partial charge on any atom is -0.359 e. The van der Waals surface area contributed by atoms with Crippen molar-refractivity contribution in [1.82, 2.24) is 9.80 Å². The van der Waals surface area contributed by atoms with Crippen LogP contribution in [0.5, 0.6) is 0 Å². The molecule has 8 nitrogen and oxygen atoms in total. The van der Waals surface area contributed by atoms with E-state index in [9.17, 15) is 64.8 Å². The molecule has 0 fully saturated rings. The zero-order valence-corrected chi connectivity index (χ0v) is 18.6. The van der Waals surface area contributed by atoms with Gasteiger partial charge in [-0.05, 0) is 13.3 Å². The highest BCUT2D eigenvalue weighted by atomic mass is 32.3. The lowest BCUT2D eigenvalue weighted by molar-refractivity contribution is -0.0490. The summed E-state index contributed by atoms with van der Waals surface area (Å²) in [5.74, 6) is 0. The molecule has 0 aromatic heterocycles. The normalized spacial score (nSPS) is 18.7. The van der Waals surface area contributed by atoms with Gasteiger partial charge in [0.25, 0.3) is 33.4 Å². The lowest BCUT2D eigenvalue weighted by atomic mass is 10.4. The molecule has 1 heterocycles. The fourth-order valence-corrected chi connectivity index (χ4v) is 8.64. The smallest absolute Gasteiger partial charge is 0.359 e. The van der Waals surface area contributed by atoms with Gasteiger partial charge in [0.05, 0.1) is 6.17 Å². The first-order chi connectivity index (χ1) is 13.9. The van der Waals surface area contributed by atoms with Crippen molar-refractivity contribution in [3.63, 3.8) is 0 Å². The molecular formula is C12H17F9N2O6S3. The molecule has 0 aromatic rings. The third-order valence-corrected chi connectivity index (χ3v) is 11.8. The Bertz CT molecular complexity index is 894. The Morgan fingerprint density at radius 2 is 1.06 bits per heavy atom. The maximum absolute atomic E-state index is 12.1. The Morgan fingerprint density at radius 1 is 0.750 bits per heavy atom. The van der Waals surface area contributed by atoms with E-state index in [0.29, 0.717) is 6.17 Å². The minimum atomic E-state index is -7.94. The van der Waals surface area contributed by atoms with E-state index in [4.69, 9.17) is 0 Å². The van der Waals surface area contributed by atoms with Gasteiger partial charge >= 0.3 is 16.5 Å². The minimum absolute atomic E-state index is 0.556. The van der Waals surface area contributed by atoms with E-state index >= 15 is 0 Å². The van der Waals surface area contributed by atoms with Gasteiger partial charge in [0.15, 0.2) is 0 Å². The molecule has 1 atom stereocenters. The zero-order valence-electron chi connectivity index (χ0n) is 16.2. The summed E-state index contributed by atoms with van der Waals surface area (Å²) in [6.45, 7) is 5.59. The molecule has 20 heteroatoms. The monoisotopic (exact) mass is 552 g/mol. The van der Waals surface area contributed by atoms with Crippen molar-refractivity contribution in [1.29, 1.82) is 0 Å². The average Bonchev–Trinajstić information content (AvgIpc) is 2.84. The molecule has 1 rings (SSSR count). The number of hydrogen-bond donors (Lipinski definition) is 0. The topological polar surface area (TPSA) is 109 Å². The van der Waals surface area contributed by atoms with Crippen LogP contribution < -0.4 is 0 Å². The lowest BCUT2D eigenvalue weighted by Crippen LogP contribution is -2.52. The van der Waals surface area contributed by atoms with E-state index in [1.54, 1.807) is 0 Å². The van der Waals surface area contributed by atoms with Crippen molar-refractivity contribution >= 4 is 29.5 Å². The summed E-state index contributed by atoms with van der Waals surface area (Å²) in [7, 11) is -21.7. The first kappa shape index (κ1) is 30.6. The summed E-state index contributed by atoms with van der Waals surface area (Å²) in [6.07, 6.45) is 6.07. The Kier molecular flexibility index (Phi) is 9.01. The van der Waals surface area contributed by atoms with Crippen molar-refractivity contribution in [2.24, 2.45) is 0 Å². The number of hydrogen-bond acceptors (Lipinski definition) is 8. The quantitative estimate of drug-likeness (QED) is 0.479. The Hall–Kier alpha value is -1.44. The lowest BCUT2D eigenvalue weighted by Gasteiger charge is -2.26. The Labute approximate surface area is 177 Å². The van der Waals surface area contributed by atoms with Crippen LogP contribution in [0.25, 0.3) is 0 Å². The molecule has 1 unspecified atom stereocenters. The fraction of sp³-hybridized carbons (Fsp3) is 0.833. The van der Waals surface area contributed by atoms with Crippen LogP contribution in [0.2, 0.25) is 0 Å². The summed E-state index contributed by atoms with van der Waals surface area (Å²) in [4.78, 5) is 4.57. The highest BCUT2D eigenvalue weighted by Gasteiger charge is 2.73. The average molecular weight is 552 g/mol. The maximum Gasteiger partial charge on any atom is 0.499 e. The molecule has 1 aliphatic heterocycles. The van der Waals surface area contributed by atoms with Gasteiger partial charge in [-0.2, -0.15) is 39.5 Å². The van der Waals surface area contributed by atoms with Crippen LogP contribution in [0.15, 0.2) is 12.4 Å². The third-order valence-electron chi connectivity index (χ3n) is 3.77. The summed E-state index contributed by atoms with van der Waals surface area (Å²) < 4.78 is 167. The van der Waals surface area contributed by atoms with Crippen LogP contribution in [0.1, 0.15) is 20.3 Å². The SMILES string of the molecule is CCCN1C=CN(C)C1C.O=S(=O)(C(S(=O)(=O)C(F)(F)F)S(=O)(=O)C(F)(F)F)C(F)(F)F. The molecule has 0 aliphatic carbocycles. The van der Waals surface area contributed by atoms with Gasteiger partial charge in [0, 0.05) is 26.0 Å². The van der Waals surface area contributed by atoms with Crippen LogP contribution in [-0.4, -0.2) is 75.3 Å². The molecule has 0 N–H and O–H groups in total. The van der Waals surface area contributed by atoms with Crippen LogP contribution in [-0.2, 0) is 29.5 Å². The molecule has 0 amide bonds. The van der Waals surface area contributed by atoms with Crippen molar-refractivity contribution in [2.75, 3.05) is 13.6 Å². The molecular weight excluding hydrogens is 535 g/mol. The molecule has 32 heavy (non-hydrogen) atoms. The van der Waals surface area contributed by atoms with Crippen molar-refractivity contribution in [3.05, 3.63) is 12.4 Å². The summed E-state index contributed by atoms with van der Waals surface area (Å²) in [5, 5.41) is 0. The van der Waals surface area contributed by atoms with E-state index in [1.807, 2.05) is 0 Å². The molecule has 0 bridgehead atoms. The van der Waals surface area contributed by atoms with Gasteiger partial charge in [-0.1, -0.05) is 6.92 Å². The number of alkyl halides is 9. The third kappa shape index (κ3) is 6.12. The maximum atomic E-state index is 12.1. The van der Waals surface area contributed by atoms with Gasteiger partial charge in [-0.25, -0.2) is 25.3 Å². The molecule has 0 aromatic carbocycles. The molecule has 0 spiro atoms. The number of sulfone groups is 3.